The molecule has 5 nitrogen and oxygen atoms in total. The maximum absolute atomic E-state index is 15.1. The van der Waals surface area contributed by atoms with Crippen LogP contribution in [0.25, 0.3) is 16.9 Å². The molecule has 0 atom stereocenters. The normalized spacial score (nSPS) is 16.7. The van der Waals surface area contributed by atoms with Crippen molar-refractivity contribution in [1.82, 2.24) is 20.0 Å². The van der Waals surface area contributed by atoms with Crippen LogP contribution in [0.2, 0.25) is 0 Å². The summed E-state index contributed by atoms with van der Waals surface area (Å²) >= 11 is 0. The van der Waals surface area contributed by atoms with Crippen molar-refractivity contribution < 1.29 is 13.6 Å². The highest BCUT2D eigenvalue weighted by atomic mass is 19.1. The summed E-state index contributed by atoms with van der Waals surface area (Å²) in [5.74, 6) is -1.72. The lowest BCUT2D eigenvalue weighted by molar-refractivity contribution is 0.0962. The summed E-state index contributed by atoms with van der Waals surface area (Å²) in [7, 11) is 1.43. The summed E-state index contributed by atoms with van der Waals surface area (Å²) in [6.07, 6.45) is 6.70. The molecule has 1 aliphatic rings. The number of pyridine rings is 1. The number of aryl methyl sites for hydroxylation is 1. The number of aromatic nitrogens is 2. The molecule has 0 bridgehead atoms. The maximum atomic E-state index is 15.1. The van der Waals surface area contributed by atoms with E-state index in [0.717, 1.165) is 54.8 Å². The van der Waals surface area contributed by atoms with Gasteiger partial charge in [-0.25, -0.2) is 13.8 Å². The predicted molar refractivity (Wildman–Crippen MR) is 149 cm³/mol. The zero-order chi connectivity index (χ0) is 27.7. The monoisotopic (exact) mass is 512 g/mol. The Hall–Kier alpha value is -3.22. The zero-order valence-corrected chi connectivity index (χ0v) is 23.3. The minimum Gasteiger partial charge on any atom is -0.386 e. The van der Waals surface area contributed by atoms with E-state index in [2.05, 4.69) is 22.2 Å². The van der Waals surface area contributed by atoms with Crippen LogP contribution >= 0.6 is 0 Å². The van der Waals surface area contributed by atoms with Crippen LogP contribution in [0.15, 0.2) is 42.7 Å². The van der Waals surface area contributed by atoms with Crippen molar-refractivity contribution in [3.63, 3.8) is 0 Å². The van der Waals surface area contributed by atoms with Crippen LogP contribution < -0.4 is 10.6 Å². The number of fused-ring (bicyclic) bond motifs is 1. The third kappa shape index (κ3) is 7.18. The number of carbonyl (C=O) groups excluding carboxylic acids is 1. The topological polar surface area (TPSA) is 58.4 Å². The Morgan fingerprint density at radius 1 is 1.08 bits per heavy atom. The first-order valence-electron chi connectivity index (χ1n) is 13.4. The smallest absolute Gasteiger partial charge is 0.251 e. The molecule has 1 aromatic carbocycles. The summed E-state index contributed by atoms with van der Waals surface area (Å²) < 4.78 is 32.2. The number of nitrogens with zero attached hydrogens (tertiary/aromatic N) is 2. The number of imidazole rings is 1. The van der Waals surface area contributed by atoms with E-state index >= 15 is 8.78 Å². The number of halogens is 2. The SMILES string of the molecule is C=C(C)NC1CCC(Cc2c(-c3c(F)cc(C(=O)NC)cc3F)nc3cc(C)ccn23)CC1.CC.CC. The summed E-state index contributed by atoms with van der Waals surface area (Å²) in [6.45, 7) is 15.9. The van der Waals surface area contributed by atoms with Gasteiger partial charge >= 0.3 is 0 Å². The minimum atomic E-state index is -0.788. The minimum absolute atomic E-state index is 0.0549. The molecule has 1 amide bonds. The number of hydrogen-bond acceptors (Lipinski definition) is 3. The van der Waals surface area contributed by atoms with Crippen molar-refractivity contribution >= 4 is 11.6 Å². The number of nitrogens with one attached hydrogen (secondary N) is 2. The van der Waals surface area contributed by atoms with Crippen LogP contribution in [0.1, 0.15) is 81.9 Å². The van der Waals surface area contributed by atoms with E-state index < -0.39 is 17.5 Å². The summed E-state index contributed by atoms with van der Waals surface area (Å²) in [4.78, 5) is 16.5. The highest BCUT2D eigenvalue weighted by Gasteiger charge is 2.27. The van der Waals surface area contributed by atoms with Crippen LogP contribution in [0.4, 0.5) is 8.78 Å². The van der Waals surface area contributed by atoms with Gasteiger partial charge in [0, 0.05) is 30.5 Å². The molecular formula is C30H42F2N4O. The molecule has 2 N–H and O–H groups in total. The Labute approximate surface area is 220 Å². The van der Waals surface area contributed by atoms with Crippen molar-refractivity contribution in [2.45, 2.75) is 79.7 Å². The molecule has 0 saturated heterocycles. The summed E-state index contributed by atoms with van der Waals surface area (Å²) in [5.41, 5.74) is 3.52. The van der Waals surface area contributed by atoms with Crippen molar-refractivity contribution in [3.05, 3.63) is 71.2 Å². The van der Waals surface area contributed by atoms with Crippen molar-refractivity contribution in [2.75, 3.05) is 7.05 Å². The standard InChI is InChI=1S/C26H30F2N4O.2C2H6/c1-15(2)30-19-7-5-17(6-8-19)12-22-25(31-23-11-16(3)9-10-32(22)23)24-20(27)13-18(14-21(24)28)26(33)29-4;2*1-2/h9-11,13-14,17,19,30H,1,5-8,12H2,2-4H3,(H,29,33);2*1-2H3. The fourth-order valence-corrected chi connectivity index (χ4v) is 4.80. The lowest BCUT2D eigenvalue weighted by Crippen LogP contribution is -2.32. The molecule has 4 rings (SSSR count). The zero-order valence-electron chi connectivity index (χ0n) is 23.3. The molecule has 37 heavy (non-hydrogen) atoms. The van der Waals surface area contributed by atoms with Gasteiger partial charge in [0.05, 0.1) is 17.0 Å². The second-order valence-electron chi connectivity index (χ2n) is 9.08. The molecule has 0 spiro atoms. The van der Waals surface area contributed by atoms with Gasteiger partial charge in [0.15, 0.2) is 0 Å². The van der Waals surface area contributed by atoms with Crippen molar-refractivity contribution in [3.8, 4) is 11.3 Å². The fraction of sp³-hybridized carbons (Fsp3) is 0.467. The van der Waals surface area contributed by atoms with E-state index in [4.69, 9.17) is 0 Å². The fourth-order valence-electron chi connectivity index (χ4n) is 4.80. The molecule has 7 heteroatoms. The van der Waals surface area contributed by atoms with Gasteiger partial charge < -0.3 is 15.0 Å². The molecule has 2 aromatic heterocycles. The predicted octanol–water partition coefficient (Wildman–Crippen LogP) is 7.22. The molecule has 1 saturated carbocycles. The van der Waals surface area contributed by atoms with Gasteiger partial charge in [-0.1, -0.05) is 34.3 Å². The third-order valence-electron chi connectivity index (χ3n) is 6.43. The van der Waals surface area contributed by atoms with Crippen LogP contribution in [0.5, 0.6) is 0 Å². The molecule has 0 radical (unpaired) electrons. The van der Waals surface area contributed by atoms with Gasteiger partial charge in [-0.2, -0.15) is 0 Å². The van der Waals surface area contributed by atoms with E-state index in [0.29, 0.717) is 29.7 Å². The Morgan fingerprint density at radius 3 is 2.22 bits per heavy atom. The molecule has 0 unspecified atom stereocenters. The number of hydrogen-bond donors (Lipinski definition) is 2. The lowest BCUT2D eigenvalue weighted by Gasteiger charge is -2.30. The number of carbonyl (C=O) groups is 1. The first-order chi connectivity index (χ1) is 17.8. The molecule has 202 valence electrons. The van der Waals surface area contributed by atoms with Gasteiger partial charge in [0.25, 0.3) is 5.91 Å². The second-order valence-corrected chi connectivity index (χ2v) is 9.08. The molecule has 3 aromatic rings. The van der Waals surface area contributed by atoms with E-state index in [9.17, 15) is 4.79 Å². The third-order valence-corrected chi connectivity index (χ3v) is 6.43. The quantitative estimate of drug-likeness (QED) is 0.366. The number of benzene rings is 1. The van der Waals surface area contributed by atoms with E-state index in [-0.39, 0.29) is 11.1 Å². The van der Waals surface area contributed by atoms with E-state index in [1.807, 2.05) is 64.3 Å². The molecule has 1 aliphatic carbocycles. The van der Waals surface area contributed by atoms with Crippen LogP contribution in [0, 0.1) is 24.5 Å². The molecule has 1 fully saturated rings. The maximum Gasteiger partial charge on any atom is 0.251 e. The number of rotatable bonds is 6. The number of allylic oxidation sites excluding steroid dienone is 1. The highest BCUT2D eigenvalue weighted by Crippen LogP contribution is 2.35. The Bertz CT molecular complexity index is 1190. The lowest BCUT2D eigenvalue weighted by atomic mass is 9.82. The highest BCUT2D eigenvalue weighted by molar-refractivity contribution is 5.94. The van der Waals surface area contributed by atoms with Gasteiger partial charge in [-0.15, -0.1) is 0 Å². The average Bonchev–Trinajstić information content (AvgIpc) is 3.22. The molecule has 2 heterocycles. The summed E-state index contributed by atoms with van der Waals surface area (Å²) in [6, 6.07) is 6.46. The largest absolute Gasteiger partial charge is 0.386 e. The average molecular weight is 513 g/mol. The van der Waals surface area contributed by atoms with Gasteiger partial charge in [0.1, 0.15) is 17.3 Å². The van der Waals surface area contributed by atoms with Gasteiger partial charge in [0.2, 0.25) is 0 Å². The van der Waals surface area contributed by atoms with Crippen molar-refractivity contribution in [1.29, 1.82) is 0 Å². The first kappa shape index (κ1) is 30.0. The van der Waals surface area contributed by atoms with Gasteiger partial charge in [-0.3, -0.25) is 4.79 Å². The second kappa shape index (κ2) is 13.9. The Balaban J connectivity index is 0.00000115. The molecular weight excluding hydrogens is 470 g/mol. The van der Waals surface area contributed by atoms with Crippen LogP contribution in [-0.4, -0.2) is 28.4 Å². The van der Waals surface area contributed by atoms with E-state index in [1.54, 1.807) is 0 Å². The van der Waals surface area contributed by atoms with Crippen LogP contribution in [-0.2, 0) is 6.42 Å². The Morgan fingerprint density at radius 2 is 1.68 bits per heavy atom. The number of amides is 1. The first-order valence-corrected chi connectivity index (χ1v) is 13.4. The van der Waals surface area contributed by atoms with Crippen LogP contribution in [0.3, 0.4) is 0 Å². The molecule has 0 aliphatic heterocycles. The Kier molecular flexibility index (Phi) is 11.3. The van der Waals surface area contributed by atoms with Gasteiger partial charge in [-0.05, 0) is 81.7 Å². The van der Waals surface area contributed by atoms with Crippen molar-refractivity contribution in [2.24, 2.45) is 5.92 Å². The van der Waals surface area contributed by atoms with E-state index in [1.165, 1.54) is 7.05 Å². The summed E-state index contributed by atoms with van der Waals surface area (Å²) in [5, 5.41) is 5.83.